The molecule has 0 aliphatic heterocycles. The highest BCUT2D eigenvalue weighted by atomic mass is 19.1. The molecule has 8 aliphatic carbocycles. The summed E-state index contributed by atoms with van der Waals surface area (Å²) in [6.45, 7) is 6.37. The number of alkyl halides is 1. The number of fused-ring (bicyclic) bond motifs is 10. The van der Waals surface area contributed by atoms with Crippen LogP contribution in [0.4, 0.5) is 4.39 Å². The number of rotatable bonds is 4. The molecule has 0 unspecified atom stereocenters. The van der Waals surface area contributed by atoms with Gasteiger partial charge in [0.05, 0.1) is 18.3 Å². The van der Waals surface area contributed by atoms with E-state index in [1.165, 1.54) is 23.8 Å². The van der Waals surface area contributed by atoms with Gasteiger partial charge in [-0.15, -0.1) is 0 Å². The van der Waals surface area contributed by atoms with Crippen LogP contribution in [-0.4, -0.2) is 96.6 Å². The number of allylic oxidation sites excluding steroid dienone is 5. The molecule has 0 aromatic rings. The molecule has 10 nitrogen and oxygen atoms in total. The molecule has 53 heavy (non-hydrogen) atoms. The van der Waals surface area contributed by atoms with Crippen molar-refractivity contribution in [3.63, 3.8) is 0 Å². The number of halogens is 1. The van der Waals surface area contributed by atoms with Gasteiger partial charge < -0.3 is 30.6 Å². The minimum absolute atomic E-state index is 0.0135. The molecule has 6 fully saturated rings. The van der Waals surface area contributed by atoms with Gasteiger partial charge in [-0.1, -0.05) is 38.0 Å². The molecule has 8 rings (SSSR count). The predicted octanol–water partition coefficient (Wildman–Crippen LogP) is 3.29. The number of Topliss-reactive ketones (excluding diaryl/α,β-unsaturated/α-hetero) is 2. The highest BCUT2D eigenvalue weighted by Gasteiger charge is 2.76. The third kappa shape index (κ3) is 5.09. The van der Waals surface area contributed by atoms with Crippen LogP contribution >= 0.6 is 0 Å². The Balaban J connectivity index is 0.000000165. The van der Waals surface area contributed by atoms with Crippen molar-refractivity contribution in [3.8, 4) is 0 Å². The van der Waals surface area contributed by atoms with Gasteiger partial charge in [0.2, 0.25) is 0 Å². The van der Waals surface area contributed by atoms with E-state index in [1.807, 2.05) is 6.08 Å². The largest absolute Gasteiger partial charge is 0.393 e. The molecule has 8 aliphatic rings. The van der Waals surface area contributed by atoms with E-state index in [4.69, 9.17) is 0 Å². The number of hydrogen-bond acceptors (Lipinski definition) is 10. The van der Waals surface area contributed by atoms with E-state index in [9.17, 15) is 49.8 Å². The lowest BCUT2D eigenvalue weighted by Crippen LogP contribution is -2.69. The Morgan fingerprint density at radius 3 is 2.21 bits per heavy atom. The summed E-state index contributed by atoms with van der Waals surface area (Å²) in [4.78, 5) is 48.4. The molecular formula is C42H57FO10. The molecule has 15 atom stereocenters. The second-order valence-corrected chi connectivity index (χ2v) is 18.8. The molecule has 0 aromatic carbocycles. The summed E-state index contributed by atoms with van der Waals surface area (Å²) in [5.41, 5.74) is -5.14. The maximum absolute atomic E-state index is 16.8. The van der Waals surface area contributed by atoms with E-state index in [-0.39, 0.29) is 59.5 Å². The first-order chi connectivity index (χ1) is 24.8. The Morgan fingerprint density at radius 2 is 1.53 bits per heavy atom. The van der Waals surface area contributed by atoms with Gasteiger partial charge in [-0.05, 0) is 124 Å². The Kier molecular flexibility index (Phi) is 9.39. The summed E-state index contributed by atoms with van der Waals surface area (Å²) in [6.07, 6.45) is 9.25. The van der Waals surface area contributed by atoms with Crippen molar-refractivity contribution in [1.82, 2.24) is 0 Å². The van der Waals surface area contributed by atoms with Crippen LogP contribution in [0.15, 0.2) is 35.5 Å². The van der Waals surface area contributed by atoms with Gasteiger partial charge >= 0.3 is 0 Å². The van der Waals surface area contributed by atoms with E-state index in [0.29, 0.717) is 43.1 Å². The van der Waals surface area contributed by atoms with Gasteiger partial charge in [0.25, 0.3) is 0 Å². The molecule has 6 N–H and O–H groups in total. The molecule has 0 bridgehead atoms. The highest BCUT2D eigenvalue weighted by Crippen LogP contribution is 2.70. The van der Waals surface area contributed by atoms with Crippen molar-refractivity contribution in [2.45, 2.75) is 128 Å². The minimum atomic E-state index is -2.23. The van der Waals surface area contributed by atoms with Gasteiger partial charge in [-0.3, -0.25) is 19.2 Å². The van der Waals surface area contributed by atoms with Crippen LogP contribution in [0.2, 0.25) is 0 Å². The van der Waals surface area contributed by atoms with Gasteiger partial charge in [-0.2, -0.15) is 0 Å². The van der Waals surface area contributed by atoms with Crippen LogP contribution in [0.25, 0.3) is 0 Å². The van der Waals surface area contributed by atoms with E-state index in [2.05, 4.69) is 13.8 Å². The number of ketones is 4. The van der Waals surface area contributed by atoms with E-state index in [0.717, 1.165) is 32.1 Å². The summed E-state index contributed by atoms with van der Waals surface area (Å²) < 4.78 is 16.8. The fourth-order valence-electron chi connectivity index (χ4n) is 14.2. The first-order valence-corrected chi connectivity index (χ1v) is 19.7. The second-order valence-electron chi connectivity index (χ2n) is 18.8. The Bertz CT molecular complexity index is 1690. The average Bonchev–Trinajstić information content (AvgIpc) is 3.55. The Morgan fingerprint density at radius 1 is 0.830 bits per heavy atom. The smallest absolute Gasteiger partial charge is 0.192 e. The monoisotopic (exact) mass is 740 g/mol. The summed E-state index contributed by atoms with van der Waals surface area (Å²) in [7, 11) is 0. The summed E-state index contributed by atoms with van der Waals surface area (Å²) in [5.74, 6) is -1.26. The number of carbonyl (C=O) groups is 4. The highest BCUT2D eigenvalue weighted by molar-refractivity contribution is 6.01. The molecule has 0 heterocycles. The molecule has 6 saturated carbocycles. The predicted molar refractivity (Wildman–Crippen MR) is 190 cm³/mol. The molecule has 11 heteroatoms. The molecule has 0 spiro atoms. The fraction of sp³-hybridized carbons (Fsp3) is 0.762. The molecule has 0 radical (unpaired) electrons. The Hall–Kier alpha value is -2.41. The van der Waals surface area contributed by atoms with Gasteiger partial charge in [0.1, 0.15) is 13.2 Å². The zero-order valence-electron chi connectivity index (χ0n) is 31.4. The van der Waals surface area contributed by atoms with Crippen LogP contribution in [-0.2, 0) is 19.2 Å². The third-order valence-electron chi connectivity index (χ3n) is 16.9. The topological polar surface area (TPSA) is 190 Å². The lowest BCUT2D eigenvalue weighted by atomic mass is 9.44. The van der Waals surface area contributed by atoms with Gasteiger partial charge in [0.15, 0.2) is 34.4 Å². The van der Waals surface area contributed by atoms with Crippen LogP contribution in [0.3, 0.4) is 0 Å². The summed E-state index contributed by atoms with van der Waals surface area (Å²) in [5, 5.41) is 62.6. The lowest BCUT2D eigenvalue weighted by Gasteiger charge is -2.62. The minimum Gasteiger partial charge on any atom is -0.393 e. The molecule has 0 amide bonds. The number of hydrogen-bond donors (Lipinski definition) is 6. The molecular weight excluding hydrogens is 683 g/mol. The van der Waals surface area contributed by atoms with E-state index < -0.39 is 64.6 Å². The van der Waals surface area contributed by atoms with Crippen molar-refractivity contribution in [1.29, 1.82) is 0 Å². The Labute approximate surface area is 310 Å². The normalized spacial score (nSPS) is 50.9. The SMILES string of the molecule is C[C@]12C=CC(=O)C=C1CC[C@H]1[C@@H]3C[C@@H](O)[C@](O)(C(=O)CO)[C@@]3(C)C[C@H](O)[C@@]12F.C[C@]12C[C@H](O)[C@H]3[C@@H](CCC4=CC(=O)CC[C@@]43C)[C@@H]1CC[C@@H]2C(=O)CO. The van der Waals surface area contributed by atoms with E-state index in [1.54, 1.807) is 13.8 Å². The lowest BCUT2D eigenvalue weighted by molar-refractivity contribution is -0.222. The van der Waals surface area contributed by atoms with Crippen LogP contribution in [0.1, 0.15) is 98.3 Å². The van der Waals surface area contributed by atoms with Crippen molar-refractivity contribution in [2.75, 3.05) is 13.2 Å². The maximum Gasteiger partial charge on any atom is 0.192 e. The molecule has 0 saturated heterocycles. The van der Waals surface area contributed by atoms with Crippen molar-refractivity contribution in [2.24, 2.45) is 57.2 Å². The third-order valence-corrected chi connectivity index (χ3v) is 16.9. The second kappa shape index (κ2) is 12.8. The van der Waals surface area contributed by atoms with E-state index >= 15 is 4.39 Å². The van der Waals surface area contributed by atoms with Gasteiger partial charge in [0, 0.05) is 29.1 Å². The number of aliphatic hydroxyl groups excluding tert-OH is 5. The standard InChI is InChI=1S/C21H27FO6.C21H30O4/c1-18-6-5-12(24)7-11(18)3-4-13-14-8-15(25)21(28,17(27)10-23)19(14,2)9-16(26)20(13,18)22;1-20-8-7-13(23)9-12(20)3-4-14-15-5-6-16(18(25)11-22)21(15,2)10-17(24)19(14)20/h5-7,13-16,23,25-26,28H,3-4,8-10H2,1-2H3;9,14-17,19,22,24H,3-8,10-11H2,1-2H3/t13-,14-,15+,16-,18-,19-,20-,21-;14-,15-,16+,17-,19+,20-,21-/m00/s1. The van der Waals surface area contributed by atoms with Crippen molar-refractivity contribution < 1.29 is 54.2 Å². The maximum atomic E-state index is 16.8. The first kappa shape index (κ1) is 38.8. The van der Waals surface area contributed by atoms with Gasteiger partial charge in [-0.25, -0.2) is 4.39 Å². The summed E-state index contributed by atoms with van der Waals surface area (Å²) in [6, 6.07) is 0. The van der Waals surface area contributed by atoms with Crippen molar-refractivity contribution >= 4 is 23.1 Å². The summed E-state index contributed by atoms with van der Waals surface area (Å²) >= 11 is 0. The zero-order valence-corrected chi connectivity index (χ0v) is 31.4. The first-order valence-electron chi connectivity index (χ1n) is 19.7. The number of aliphatic hydroxyl groups is 6. The molecule has 0 aromatic heterocycles. The van der Waals surface area contributed by atoms with Crippen LogP contribution < -0.4 is 0 Å². The van der Waals surface area contributed by atoms with Crippen LogP contribution in [0.5, 0.6) is 0 Å². The molecule has 292 valence electrons. The average molecular weight is 741 g/mol. The van der Waals surface area contributed by atoms with Crippen LogP contribution in [0, 0.1) is 57.2 Å². The fourth-order valence-corrected chi connectivity index (χ4v) is 14.2. The zero-order chi connectivity index (χ0) is 38.7. The number of carbonyl (C=O) groups excluding carboxylic acids is 4. The van der Waals surface area contributed by atoms with Crippen molar-refractivity contribution in [3.05, 3.63) is 35.5 Å². The quantitative estimate of drug-likeness (QED) is 0.250.